The summed E-state index contributed by atoms with van der Waals surface area (Å²) in [6.45, 7) is 0. The number of halogens is 1. The summed E-state index contributed by atoms with van der Waals surface area (Å²) in [5, 5.41) is 8.70. The van der Waals surface area contributed by atoms with Crippen LogP contribution in [0, 0.1) is 5.82 Å². The molecule has 1 N–H and O–H groups in total. The number of carboxylic acids is 1. The van der Waals surface area contributed by atoms with Gasteiger partial charge in [0.05, 0.1) is 7.11 Å². The van der Waals surface area contributed by atoms with Gasteiger partial charge in [0.1, 0.15) is 11.6 Å². The zero-order chi connectivity index (χ0) is 15.9. The highest BCUT2D eigenvalue weighted by Crippen LogP contribution is 2.27. The molecule has 112 valence electrons. The molecule has 0 spiro atoms. The molecule has 0 heterocycles. The van der Waals surface area contributed by atoms with Gasteiger partial charge in [-0.3, -0.25) is 0 Å². The minimum absolute atomic E-state index is 0.353. The van der Waals surface area contributed by atoms with Crippen LogP contribution in [0.25, 0.3) is 5.57 Å². The van der Waals surface area contributed by atoms with Crippen molar-refractivity contribution in [3.63, 3.8) is 0 Å². The van der Waals surface area contributed by atoms with Gasteiger partial charge in [0.25, 0.3) is 0 Å². The standard InChI is InChI=1S/C18H15FO3/c1-22-16-8-3-6-14(12-16)17(9-4-10-18(20)21)13-5-2-7-15(19)11-13/h2-12H,1H3,(H,20,21)/b10-4+,17-9+. The lowest BCUT2D eigenvalue weighted by Gasteiger charge is -2.09. The SMILES string of the molecule is COc1cccc(/C(=C/C=C/C(=O)O)c2cccc(F)c2)c1. The van der Waals surface area contributed by atoms with E-state index in [0.29, 0.717) is 16.9 Å². The number of rotatable bonds is 5. The fourth-order valence-electron chi connectivity index (χ4n) is 2.03. The van der Waals surface area contributed by atoms with Crippen LogP contribution in [-0.2, 0) is 4.79 Å². The third-order valence-corrected chi connectivity index (χ3v) is 3.02. The lowest BCUT2D eigenvalue weighted by atomic mass is 9.97. The number of ether oxygens (including phenoxy) is 1. The van der Waals surface area contributed by atoms with Gasteiger partial charge < -0.3 is 9.84 Å². The molecule has 2 aromatic rings. The van der Waals surface area contributed by atoms with Gasteiger partial charge in [-0.2, -0.15) is 0 Å². The molecule has 22 heavy (non-hydrogen) atoms. The van der Waals surface area contributed by atoms with Crippen LogP contribution >= 0.6 is 0 Å². The van der Waals surface area contributed by atoms with Crippen LogP contribution in [0.4, 0.5) is 4.39 Å². The number of hydrogen-bond acceptors (Lipinski definition) is 2. The predicted molar refractivity (Wildman–Crippen MR) is 83.2 cm³/mol. The minimum atomic E-state index is -1.04. The summed E-state index contributed by atoms with van der Waals surface area (Å²) >= 11 is 0. The van der Waals surface area contributed by atoms with Crippen LogP contribution in [0.2, 0.25) is 0 Å². The topological polar surface area (TPSA) is 46.5 Å². The average Bonchev–Trinajstić information content (AvgIpc) is 2.51. The summed E-state index contributed by atoms with van der Waals surface area (Å²) in [4.78, 5) is 10.6. The Balaban J connectivity index is 2.51. The normalized spacial score (nSPS) is 11.6. The van der Waals surface area contributed by atoms with Gasteiger partial charge in [-0.15, -0.1) is 0 Å². The van der Waals surface area contributed by atoms with E-state index in [2.05, 4.69) is 0 Å². The number of benzene rings is 2. The van der Waals surface area contributed by atoms with Crippen molar-refractivity contribution in [2.75, 3.05) is 7.11 Å². The molecule has 4 heteroatoms. The molecule has 0 aliphatic carbocycles. The molecule has 0 saturated heterocycles. The van der Waals surface area contributed by atoms with Crippen molar-refractivity contribution in [3.05, 3.63) is 83.7 Å². The Hall–Kier alpha value is -2.88. The number of aliphatic carboxylic acids is 1. The molecular weight excluding hydrogens is 283 g/mol. The first-order valence-electron chi connectivity index (χ1n) is 6.62. The highest BCUT2D eigenvalue weighted by molar-refractivity contribution is 5.84. The minimum Gasteiger partial charge on any atom is -0.497 e. The van der Waals surface area contributed by atoms with Crippen LogP contribution in [0.5, 0.6) is 5.75 Å². The fraction of sp³-hybridized carbons (Fsp3) is 0.0556. The summed E-state index contributed by atoms with van der Waals surface area (Å²) < 4.78 is 18.7. The molecule has 0 saturated carbocycles. The molecule has 2 rings (SSSR count). The molecule has 0 aliphatic heterocycles. The first-order chi connectivity index (χ1) is 10.6. The maximum atomic E-state index is 13.5. The molecule has 0 atom stereocenters. The van der Waals surface area contributed by atoms with Crippen molar-refractivity contribution in [2.24, 2.45) is 0 Å². The van der Waals surface area contributed by atoms with Crippen molar-refractivity contribution in [3.8, 4) is 5.75 Å². The van der Waals surface area contributed by atoms with Crippen LogP contribution in [0.15, 0.2) is 66.8 Å². The monoisotopic (exact) mass is 298 g/mol. The fourth-order valence-corrected chi connectivity index (χ4v) is 2.03. The number of carbonyl (C=O) groups is 1. The lowest BCUT2D eigenvalue weighted by molar-refractivity contribution is -0.131. The van der Waals surface area contributed by atoms with Crippen molar-refractivity contribution in [1.82, 2.24) is 0 Å². The third-order valence-electron chi connectivity index (χ3n) is 3.02. The number of carboxylic acid groups (broad SMARTS) is 1. The van der Waals surface area contributed by atoms with Gasteiger partial charge in [-0.25, -0.2) is 9.18 Å². The van der Waals surface area contributed by atoms with Gasteiger partial charge in [0.15, 0.2) is 0 Å². The second-order valence-electron chi connectivity index (χ2n) is 4.52. The van der Waals surface area contributed by atoms with Gasteiger partial charge in [0, 0.05) is 6.08 Å². The number of methoxy groups -OCH3 is 1. The van der Waals surface area contributed by atoms with Crippen LogP contribution in [0.1, 0.15) is 11.1 Å². The van der Waals surface area contributed by atoms with Crippen LogP contribution < -0.4 is 4.74 Å². The first-order valence-corrected chi connectivity index (χ1v) is 6.62. The van der Waals surface area contributed by atoms with E-state index in [1.807, 2.05) is 18.2 Å². The van der Waals surface area contributed by atoms with Crippen LogP contribution in [0.3, 0.4) is 0 Å². The molecule has 0 amide bonds. The van der Waals surface area contributed by atoms with Gasteiger partial charge in [-0.05, 0) is 41.0 Å². The maximum absolute atomic E-state index is 13.5. The zero-order valence-corrected chi connectivity index (χ0v) is 12.0. The van der Waals surface area contributed by atoms with E-state index in [9.17, 15) is 9.18 Å². The largest absolute Gasteiger partial charge is 0.497 e. The molecule has 3 nitrogen and oxygen atoms in total. The first kappa shape index (κ1) is 15.5. The summed E-state index contributed by atoms with van der Waals surface area (Å²) in [5.41, 5.74) is 2.17. The maximum Gasteiger partial charge on any atom is 0.328 e. The Kier molecular flexibility index (Phi) is 5.09. The van der Waals surface area contributed by atoms with E-state index in [-0.39, 0.29) is 5.82 Å². The van der Waals surface area contributed by atoms with Gasteiger partial charge >= 0.3 is 5.97 Å². The molecular formula is C18H15FO3. The summed E-state index contributed by atoms with van der Waals surface area (Å²) in [6.07, 6.45) is 4.08. The Morgan fingerprint density at radius 2 is 1.82 bits per heavy atom. The quantitative estimate of drug-likeness (QED) is 0.672. The lowest BCUT2D eigenvalue weighted by Crippen LogP contribution is -1.91. The molecule has 0 bridgehead atoms. The van der Waals surface area contributed by atoms with Crippen molar-refractivity contribution in [1.29, 1.82) is 0 Å². The molecule has 0 unspecified atom stereocenters. The average molecular weight is 298 g/mol. The van der Waals surface area contributed by atoms with E-state index < -0.39 is 5.97 Å². The van der Waals surface area contributed by atoms with E-state index >= 15 is 0 Å². The van der Waals surface area contributed by atoms with Gasteiger partial charge in [-0.1, -0.05) is 36.4 Å². The Morgan fingerprint density at radius 3 is 2.45 bits per heavy atom. The molecule has 0 aliphatic rings. The highest BCUT2D eigenvalue weighted by atomic mass is 19.1. The van der Waals surface area contributed by atoms with E-state index in [1.165, 1.54) is 18.2 Å². The summed E-state index contributed by atoms with van der Waals surface area (Å²) in [7, 11) is 1.56. The van der Waals surface area contributed by atoms with E-state index in [1.54, 1.807) is 31.4 Å². The van der Waals surface area contributed by atoms with Crippen LogP contribution in [-0.4, -0.2) is 18.2 Å². The van der Waals surface area contributed by atoms with E-state index in [0.717, 1.165) is 11.6 Å². The Bertz CT molecular complexity index is 733. The molecule has 0 radical (unpaired) electrons. The van der Waals surface area contributed by atoms with Crippen molar-refractivity contribution < 1.29 is 19.0 Å². The summed E-state index contributed by atoms with van der Waals surface area (Å²) in [6, 6.07) is 13.4. The number of hydrogen-bond donors (Lipinski definition) is 1. The molecule has 0 fully saturated rings. The summed E-state index contributed by atoms with van der Waals surface area (Å²) in [5.74, 6) is -0.726. The third kappa shape index (κ3) is 4.06. The molecule has 0 aromatic heterocycles. The second-order valence-corrected chi connectivity index (χ2v) is 4.52. The van der Waals surface area contributed by atoms with E-state index in [4.69, 9.17) is 9.84 Å². The zero-order valence-electron chi connectivity index (χ0n) is 12.0. The Morgan fingerprint density at radius 1 is 1.14 bits per heavy atom. The molecule has 2 aromatic carbocycles. The predicted octanol–water partition coefficient (Wildman–Crippen LogP) is 3.91. The smallest absolute Gasteiger partial charge is 0.328 e. The van der Waals surface area contributed by atoms with Gasteiger partial charge in [0.2, 0.25) is 0 Å². The number of allylic oxidation sites excluding steroid dienone is 2. The Labute approximate surface area is 128 Å². The highest BCUT2D eigenvalue weighted by Gasteiger charge is 2.06. The van der Waals surface area contributed by atoms with Crippen molar-refractivity contribution in [2.45, 2.75) is 0 Å². The van der Waals surface area contributed by atoms with Crippen molar-refractivity contribution >= 4 is 11.5 Å². The second kappa shape index (κ2) is 7.22.